The third kappa shape index (κ3) is 3.72. The molecule has 0 bridgehead atoms. The van der Waals surface area contributed by atoms with Crippen LogP contribution < -0.4 is 10.1 Å². The number of benzene rings is 2. The second-order valence-electron chi connectivity index (χ2n) is 4.45. The Labute approximate surface area is 127 Å². The van der Waals surface area contributed by atoms with Gasteiger partial charge in [-0.3, -0.25) is 0 Å². The summed E-state index contributed by atoms with van der Waals surface area (Å²) in [5.41, 5.74) is 1.56. The molecule has 2 aromatic rings. The minimum absolute atomic E-state index is 0.0401. The molecule has 0 saturated heterocycles. The van der Waals surface area contributed by atoms with Crippen molar-refractivity contribution in [3.63, 3.8) is 0 Å². The Bertz CT molecular complexity index is 682. The number of nitrogens with one attached hydrogen (secondary N) is 1. The molecule has 0 unspecified atom stereocenters. The summed E-state index contributed by atoms with van der Waals surface area (Å²) in [5.74, 6) is 0.199. The van der Waals surface area contributed by atoms with Crippen LogP contribution in [0.3, 0.4) is 0 Å². The molecule has 0 radical (unpaired) electrons. The zero-order valence-corrected chi connectivity index (χ0v) is 12.2. The fourth-order valence-electron chi connectivity index (χ4n) is 1.93. The van der Waals surface area contributed by atoms with Crippen LogP contribution in [0.2, 0.25) is 5.02 Å². The van der Waals surface area contributed by atoms with Crippen LogP contribution in [0.15, 0.2) is 36.4 Å². The Morgan fingerprint density at radius 1 is 1.33 bits per heavy atom. The van der Waals surface area contributed by atoms with Gasteiger partial charge in [0, 0.05) is 22.7 Å². The van der Waals surface area contributed by atoms with E-state index in [1.54, 1.807) is 18.2 Å². The van der Waals surface area contributed by atoms with Crippen LogP contribution in [-0.4, -0.2) is 7.05 Å². The van der Waals surface area contributed by atoms with Gasteiger partial charge in [0.25, 0.3) is 0 Å². The number of nitriles is 1. The van der Waals surface area contributed by atoms with Crippen LogP contribution in [0.1, 0.15) is 16.7 Å². The predicted octanol–water partition coefficient (Wildman–Crippen LogP) is 3.65. The Morgan fingerprint density at radius 2 is 2.14 bits per heavy atom. The van der Waals surface area contributed by atoms with Gasteiger partial charge in [0.05, 0.1) is 11.6 Å². The first-order chi connectivity index (χ1) is 10.2. The zero-order valence-electron chi connectivity index (χ0n) is 11.5. The Kier molecular flexibility index (Phi) is 5.15. The Hall–Kier alpha value is -2.09. The van der Waals surface area contributed by atoms with Gasteiger partial charge in [-0.2, -0.15) is 5.26 Å². The van der Waals surface area contributed by atoms with E-state index in [9.17, 15) is 4.39 Å². The largest absolute Gasteiger partial charge is 0.488 e. The summed E-state index contributed by atoms with van der Waals surface area (Å²) in [6.07, 6.45) is 0. The summed E-state index contributed by atoms with van der Waals surface area (Å²) in [4.78, 5) is 0. The van der Waals surface area contributed by atoms with Crippen LogP contribution in [-0.2, 0) is 13.2 Å². The summed E-state index contributed by atoms with van der Waals surface area (Å²) < 4.78 is 19.4. The van der Waals surface area contributed by atoms with Gasteiger partial charge in [-0.25, -0.2) is 4.39 Å². The third-order valence-electron chi connectivity index (χ3n) is 2.99. The van der Waals surface area contributed by atoms with Gasteiger partial charge in [-0.15, -0.1) is 0 Å². The molecule has 0 aliphatic carbocycles. The summed E-state index contributed by atoms with van der Waals surface area (Å²) in [7, 11) is 1.81. The van der Waals surface area contributed by atoms with Gasteiger partial charge < -0.3 is 10.1 Å². The lowest BCUT2D eigenvalue weighted by Crippen LogP contribution is -2.08. The van der Waals surface area contributed by atoms with Crippen LogP contribution in [0.25, 0.3) is 0 Å². The molecule has 1 N–H and O–H groups in total. The molecule has 108 valence electrons. The van der Waals surface area contributed by atoms with Gasteiger partial charge in [0.1, 0.15) is 18.2 Å². The van der Waals surface area contributed by atoms with Crippen molar-refractivity contribution in [3.8, 4) is 11.8 Å². The molecule has 21 heavy (non-hydrogen) atoms. The zero-order chi connectivity index (χ0) is 15.2. The number of ether oxygens (including phenoxy) is 1. The van der Waals surface area contributed by atoms with Gasteiger partial charge in [0.15, 0.2) is 0 Å². The highest BCUT2D eigenvalue weighted by Crippen LogP contribution is 2.27. The van der Waals surface area contributed by atoms with Crippen molar-refractivity contribution in [3.05, 3.63) is 63.9 Å². The number of hydrogen-bond acceptors (Lipinski definition) is 3. The van der Waals surface area contributed by atoms with Gasteiger partial charge >= 0.3 is 0 Å². The van der Waals surface area contributed by atoms with E-state index in [0.717, 1.165) is 5.56 Å². The van der Waals surface area contributed by atoms with E-state index in [2.05, 4.69) is 5.32 Å². The molecule has 3 nitrogen and oxygen atoms in total. The second-order valence-corrected chi connectivity index (χ2v) is 4.86. The van der Waals surface area contributed by atoms with Gasteiger partial charge in [-0.05, 0) is 37.4 Å². The van der Waals surface area contributed by atoms with E-state index in [1.807, 2.05) is 13.1 Å². The molecule has 5 heteroatoms. The molecule has 0 amide bonds. The smallest absolute Gasteiger partial charge is 0.129 e. The first-order valence-corrected chi connectivity index (χ1v) is 6.77. The lowest BCUT2D eigenvalue weighted by atomic mass is 10.1. The van der Waals surface area contributed by atoms with E-state index in [4.69, 9.17) is 21.6 Å². The molecule has 0 aromatic heterocycles. The highest BCUT2D eigenvalue weighted by molar-refractivity contribution is 6.31. The third-order valence-corrected chi connectivity index (χ3v) is 3.34. The summed E-state index contributed by atoms with van der Waals surface area (Å²) in [6, 6.07) is 11.5. The Morgan fingerprint density at radius 3 is 2.86 bits per heavy atom. The highest BCUT2D eigenvalue weighted by atomic mass is 35.5. The van der Waals surface area contributed by atoms with Crippen molar-refractivity contribution >= 4 is 11.6 Å². The topological polar surface area (TPSA) is 45.0 Å². The molecular weight excluding hydrogens is 291 g/mol. The predicted molar refractivity (Wildman–Crippen MR) is 79.7 cm³/mol. The monoisotopic (exact) mass is 304 g/mol. The summed E-state index contributed by atoms with van der Waals surface area (Å²) in [6.45, 7) is 0.591. The molecule has 0 fully saturated rings. The maximum atomic E-state index is 13.7. The molecule has 0 atom stereocenters. The summed E-state index contributed by atoms with van der Waals surface area (Å²) >= 11 is 6.13. The van der Waals surface area contributed by atoms with Crippen LogP contribution in [0.5, 0.6) is 5.75 Å². The number of hydrogen-bond donors (Lipinski definition) is 1. The minimum atomic E-state index is -0.397. The average Bonchev–Trinajstić information content (AvgIpc) is 2.49. The van der Waals surface area contributed by atoms with Gasteiger partial charge in [-0.1, -0.05) is 17.7 Å². The van der Waals surface area contributed by atoms with E-state index < -0.39 is 5.82 Å². The van der Waals surface area contributed by atoms with Crippen LogP contribution >= 0.6 is 11.6 Å². The van der Waals surface area contributed by atoms with Crippen molar-refractivity contribution in [2.24, 2.45) is 0 Å². The maximum absolute atomic E-state index is 13.7. The number of nitrogens with zero attached hydrogens (tertiary/aromatic N) is 1. The first kappa shape index (κ1) is 15.3. The maximum Gasteiger partial charge on any atom is 0.129 e. The quantitative estimate of drug-likeness (QED) is 0.917. The molecule has 2 rings (SSSR count). The molecule has 0 saturated carbocycles. The average molecular weight is 305 g/mol. The number of halogens is 2. The SMILES string of the molecule is CNCc1c(Cl)cccc1OCc1cc(C#N)ccc1F. The summed E-state index contributed by atoms with van der Waals surface area (Å²) in [5, 5.41) is 12.5. The van der Waals surface area contributed by atoms with Crippen molar-refractivity contribution in [1.29, 1.82) is 5.26 Å². The minimum Gasteiger partial charge on any atom is -0.488 e. The Balaban J connectivity index is 2.21. The lowest BCUT2D eigenvalue weighted by Gasteiger charge is -2.13. The molecule has 0 heterocycles. The molecular formula is C16H14ClFN2O. The first-order valence-electron chi connectivity index (χ1n) is 6.39. The van der Waals surface area contributed by atoms with E-state index in [1.165, 1.54) is 18.2 Å². The van der Waals surface area contributed by atoms with Crippen LogP contribution in [0, 0.1) is 17.1 Å². The lowest BCUT2D eigenvalue weighted by molar-refractivity contribution is 0.296. The standard InChI is InChI=1S/C16H14ClFN2O/c1-20-9-13-14(17)3-2-4-16(13)21-10-12-7-11(8-19)5-6-15(12)18/h2-7,20H,9-10H2,1H3. The highest BCUT2D eigenvalue weighted by Gasteiger charge is 2.09. The van der Waals surface area contributed by atoms with E-state index in [-0.39, 0.29) is 6.61 Å². The molecule has 0 aliphatic rings. The fourth-order valence-corrected chi connectivity index (χ4v) is 2.17. The van der Waals surface area contributed by atoms with Crippen molar-refractivity contribution in [1.82, 2.24) is 5.32 Å². The molecule has 0 aliphatic heterocycles. The normalized spacial score (nSPS) is 10.2. The van der Waals surface area contributed by atoms with Gasteiger partial charge in [0.2, 0.25) is 0 Å². The van der Waals surface area contributed by atoms with Crippen molar-refractivity contribution in [2.45, 2.75) is 13.2 Å². The molecule has 0 spiro atoms. The second kappa shape index (κ2) is 7.07. The van der Waals surface area contributed by atoms with Crippen molar-refractivity contribution in [2.75, 3.05) is 7.05 Å². The number of rotatable bonds is 5. The fraction of sp³-hybridized carbons (Fsp3) is 0.188. The molecule has 2 aromatic carbocycles. The van der Waals surface area contributed by atoms with Crippen molar-refractivity contribution < 1.29 is 9.13 Å². The van der Waals surface area contributed by atoms with E-state index in [0.29, 0.717) is 28.4 Å². The van der Waals surface area contributed by atoms with E-state index >= 15 is 0 Å². The van der Waals surface area contributed by atoms with Crippen LogP contribution in [0.4, 0.5) is 4.39 Å².